The minimum absolute atomic E-state index is 0.0350. The molecule has 3 N–H and O–H groups in total. The summed E-state index contributed by atoms with van der Waals surface area (Å²) in [4.78, 5) is 48.4. The molecule has 8 nitrogen and oxygen atoms in total. The van der Waals surface area contributed by atoms with Gasteiger partial charge in [0.15, 0.2) is 0 Å². The first-order valence-electron chi connectivity index (χ1n) is 10.3. The van der Waals surface area contributed by atoms with Crippen LogP contribution < -0.4 is 11.1 Å². The van der Waals surface area contributed by atoms with E-state index < -0.39 is 23.4 Å². The number of amides is 3. The second-order valence-electron chi connectivity index (χ2n) is 7.94. The minimum Gasteiger partial charge on any atom is -0.370 e. The Morgan fingerprint density at radius 2 is 2.16 bits per heavy atom. The first-order valence-corrected chi connectivity index (χ1v) is 11.5. The van der Waals surface area contributed by atoms with Crippen LogP contribution in [0.3, 0.4) is 0 Å². The van der Waals surface area contributed by atoms with Gasteiger partial charge in [0.25, 0.3) is 0 Å². The van der Waals surface area contributed by atoms with Crippen molar-refractivity contribution in [2.45, 2.75) is 49.6 Å². The highest BCUT2D eigenvalue weighted by Gasteiger charge is 2.56. The van der Waals surface area contributed by atoms with Gasteiger partial charge in [0.2, 0.25) is 17.7 Å². The van der Waals surface area contributed by atoms with Crippen molar-refractivity contribution in [3.8, 4) is 11.8 Å². The van der Waals surface area contributed by atoms with E-state index in [9.17, 15) is 14.4 Å². The van der Waals surface area contributed by atoms with Crippen molar-refractivity contribution < 1.29 is 14.4 Å². The van der Waals surface area contributed by atoms with Crippen molar-refractivity contribution in [1.29, 1.82) is 0 Å². The quantitative estimate of drug-likeness (QED) is 0.621. The monoisotopic (exact) mass is 471 g/mol. The van der Waals surface area contributed by atoms with Crippen molar-refractivity contribution in [3.05, 3.63) is 45.6 Å². The van der Waals surface area contributed by atoms with E-state index in [0.29, 0.717) is 23.0 Å². The van der Waals surface area contributed by atoms with Crippen LogP contribution in [0.2, 0.25) is 4.34 Å². The maximum absolute atomic E-state index is 13.4. The molecule has 1 saturated carbocycles. The predicted octanol–water partition coefficient (Wildman–Crippen LogP) is 1.63. The molecular weight excluding hydrogens is 450 g/mol. The van der Waals surface area contributed by atoms with Crippen molar-refractivity contribution in [1.82, 2.24) is 20.2 Å². The Balaban J connectivity index is 1.48. The van der Waals surface area contributed by atoms with Crippen LogP contribution in [0.15, 0.2) is 30.7 Å². The number of rotatable bonds is 6. The van der Waals surface area contributed by atoms with Crippen LogP contribution in [-0.4, -0.2) is 51.2 Å². The third kappa shape index (κ3) is 4.76. The number of nitrogens with two attached hydrogens (primary N) is 1. The van der Waals surface area contributed by atoms with E-state index in [1.165, 1.54) is 17.7 Å². The summed E-state index contributed by atoms with van der Waals surface area (Å²) in [7, 11) is 0. The van der Waals surface area contributed by atoms with Crippen LogP contribution in [0.25, 0.3) is 0 Å². The number of hydrogen-bond donors (Lipinski definition) is 2. The molecule has 3 heterocycles. The molecule has 0 aromatic carbocycles. The summed E-state index contributed by atoms with van der Waals surface area (Å²) in [5.74, 6) is 4.72. The molecule has 2 aliphatic rings. The van der Waals surface area contributed by atoms with E-state index in [4.69, 9.17) is 17.3 Å². The Hall–Kier alpha value is -2.96. The zero-order chi connectivity index (χ0) is 22.7. The summed E-state index contributed by atoms with van der Waals surface area (Å²) in [5.41, 5.74) is 5.24. The summed E-state index contributed by atoms with van der Waals surface area (Å²) in [6.07, 6.45) is 5.57. The fourth-order valence-corrected chi connectivity index (χ4v) is 5.23. The van der Waals surface area contributed by atoms with Crippen LogP contribution >= 0.6 is 22.9 Å². The largest absolute Gasteiger partial charge is 0.370 e. The van der Waals surface area contributed by atoms with E-state index in [2.05, 4.69) is 27.1 Å². The van der Waals surface area contributed by atoms with Gasteiger partial charge < -0.3 is 16.0 Å². The maximum atomic E-state index is 13.4. The molecule has 32 heavy (non-hydrogen) atoms. The van der Waals surface area contributed by atoms with Gasteiger partial charge in [0, 0.05) is 17.6 Å². The van der Waals surface area contributed by atoms with Crippen LogP contribution in [0.5, 0.6) is 0 Å². The molecule has 0 bridgehead atoms. The molecule has 1 saturated heterocycles. The first-order chi connectivity index (χ1) is 15.4. The molecule has 2 aromatic heterocycles. The van der Waals surface area contributed by atoms with E-state index in [1.807, 2.05) is 6.07 Å². The summed E-state index contributed by atoms with van der Waals surface area (Å²) in [6, 6.07) is 3.94. The summed E-state index contributed by atoms with van der Waals surface area (Å²) < 4.78 is 0.645. The van der Waals surface area contributed by atoms with Gasteiger partial charge in [-0.3, -0.25) is 14.4 Å². The molecule has 1 aliphatic carbocycles. The Bertz CT molecular complexity index is 1090. The molecular formula is C22H22ClN5O3S. The minimum atomic E-state index is -0.779. The number of aromatic nitrogens is 2. The van der Waals surface area contributed by atoms with Crippen molar-refractivity contribution in [3.63, 3.8) is 0 Å². The molecule has 0 radical (unpaired) electrons. The van der Waals surface area contributed by atoms with Crippen molar-refractivity contribution >= 4 is 40.7 Å². The normalized spacial score (nSPS) is 19.5. The lowest BCUT2D eigenvalue weighted by Crippen LogP contribution is -2.51. The molecule has 10 heteroatoms. The Labute approximate surface area is 194 Å². The smallest absolute Gasteiger partial charge is 0.243 e. The lowest BCUT2D eigenvalue weighted by molar-refractivity contribution is -0.140. The average Bonchev–Trinajstić information content (AvgIpc) is 3.21. The van der Waals surface area contributed by atoms with E-state index in [-0.39, 0.29) is 18.2 Å². The van der Waals surface area contributed by atoms with Gasteiger partial charge in [-0.25, -0.2) is 9.97 Å². The molecule has 2 fully saturated rings. The molecule has 2 atom stereocenters. The molecule has 3 amide bonds. The maximum Gasteiger partial charge on any atom is 0.243 e. The van der Waals surface area contributed by atoms with Gasteiger partial charge in [-0.2, -0.15) is 0 Å². The number of carbonyl (C=O) groups excluding carboxylic acids is 3. The first kappa shape index (κ1) is 22.2. The number of halogens is 1. The molecule has 166 valence electrons. The Morgan fingerprint density at radius 3 is 2.78 bits per heavy atom. The molecule has 4 rings (SSSR count). The molecule has 0 unspecified atom stereocenters. The van der Waals surface area contributed by atoms with E-state index in [0.717, 1.165) is 24.1 Å². The van der Waals surface area contributed by atoms with Gasteiger partial charge in [0.1, 0.15) is 18.1 Å². The lowest BCUT2D eigenvalue weighted by atomic mass is 10.0. The van der Waals surface area contributed by atoms with Gasteiger partial charge >= 0.3 is 0 Å². The van der Waals surface area contributed by atoms with Crippen molar-refractivity contribution in [2.75, 3.05) is 6.54 Å². The zero-order valence-electron chi connectivity index (χ0n) is 17.2. The molecule has 2 aromatic rings. The van der Waals surface area contributed by atoms with Crippen LogP contribution in [0.1, 0.15) is 42.7 Å². The summed E-state index contributed by atoms with van der Waals surface area (Å²) in [6.45, 7) is 0.519. The number of likely N-dealkylation sites (tertiary alicyclic amines) is 1. The highest BCUT2D eigenvalue weighted by atomic mass is 35.5. The third-order valence-electron chi connectivity index (χ3n) is 5.70. The van der Waals surface area contributed by atoms with Crippen LogP contribution in [0, 0.1) is 11.8 Å². The van der Waals surface area contributed by atoms with Gasteiger partial charge in [-0.05, 0) is 49.8 Å². The fraction of sp³-hybridized carbons (Fsp3) is 0.409. The standard InChI is InChI=1S/C22H22ClN5O3S/c23-18-6-5-17(32-18)22(8-9-22)21(31)28-11-1-2-16(28)20(30)27-15(12-19(24)29)4-3-14-7-10-25-13-26-14/h5-7,10,13,15-16H,1-2,8-9,11-12H2,(H2,24,29)(H,27,30)/t15-,16+/m1/s1. The second kappa shape index (κ2) is 9.27. The molecule has 0 spiro atoms. The van der Waals surface area contributed by atoms with Crippen molar-refractivity contribution in [2.24, 2.45) is 5.73 Å². The average molecular weight is 472 g/mol. The van der Waals surface area contributed by atoms with Crippen LogP contribution in [-0.2, 0) is 19.8 Å². The number of hydrogen-bond acceptors (Lipinski definition) is 6. The number of carbonyl (C=O) groups is 3. The van der Waals surface area contributed by atoms with Gasteiger partial charge in [-0.1, -0.05) is 17.5 Å². The fourth-order valence-electron chi connectivity index (χ4n) is 3.95. The zero-order valence-corrected chi connectivity index (χ0v) is 18.8. The Kier molecular flexibility index (Phi) is 6.44. The van der Waals surface area contributed by atoms with Crippen LogP contribution in [0.4, 0.5) is 0 Å². The third-order valence-corrected chi connectivity index (χ3v) is 7.13. The highest BCUT2D eigenvalue weighted by molar-refractivity contribution is 7.16. The Morgan fingerprint density at radius 1 is 1.34 bits per heavy atom. The number of nitrogens with zero attached hydrogens (tertiary/aromatic N) is 3. The summed E-state index contributed by atoms with van der Waals surface area (Å²) >= 11 is 7.49. The SMILES string of the molecule is NC(=O)C[C@@H](C#Cc1ccncn1)NC(=O)[C@@H]1CCCN1C(=O)C1(c2ccc(Cl)s2)CC1. The van der Waals surface area contributed by atoms with E-state index in [1.54, 1.807) is 23.2 Å². The topological polar surface area (TPSA) is 118 Å². The number of primary amides is 1. The highest BCUT2D eigenvalue weighted by Crippen LogP contribution is 2.53. The van der Waals surface area contributed by atoms with Gasteiger partial charge in [0.05, 0.1) is 22.2 Å². The predicted molar refractivity (Wildman–Crippen MR) is 120 cm³/mol. The number of thiophene rings is 1. The second-order valence-corrected chi connectivity index (χ2v) is 9.65. The van der Waals surface area contributed by atoms with Gasteiger partial charge in [-0.15, -0.1) is 11.3 Å². The molecule has 1 aliphatic heterocycles. The number of nitrogens with one attached hydrogen (secondary N) is 1. The summed E-state index contributed by atoms with van der Waals surface area (Å²) in [5, 5.41) is 2.79. The van der Waals surface area contributed by atoms with E-state index >= 15 is 0 Å². The lowest BCUT2D eigenvalue weighted by Gasteiger charge is -2.28.